The number of primary amides is 1. The van der Waals surface area contributed by atoms with Crippen LogP contribution >= 0.6 is 0 Å². The molecule has 2 aromatic heterocycles. The number of amides is 4. The molecule has 10 N–H and O–H groups in total. The molecule has 220 valence electrons. The lowest BCUT2D eigenvalue weighted by atomic mass is 10.0. The summed E-state index contributed by atoms with van der Waals surface area (Å²) in [6, 6.07) is 9.91. The molecule has 42 heavy (non-hydrogen) atoms. The van der Waals surface area contributed by atoms with Crippen LogP contribution in [-0.4, -0.2) is 68.8 Å². The number of H-pyrrole nitrogens is 2. The van der Waals surface area contributed by atoms with E-state index in [-0.39, 0.29) is 12.8 Å². The number of carboxylic acid groups (broad SMARTS) is 1. The predicted molar refractivity (Wildman–Crippen MR) is 155 cm³/mol. The van der Waals surface area contributed by atoms with Gasteiger partial charge in [0.2, 0.25) is 23.6 Å². The van der Waals surface area contributed by atoms with Crippen LogP contribution in [0.4, 0.5) is 0 Å². The van der Waals surface area contributed by atoms with E-state index in [1.54, 1.807) is 12.4 Å². The van der Waals surface area contributed by atoms with Crippen LogP contribution in [0, 0.1) is 0 Å². The molecule has 0 aliphatic rings. The van der Waals surface area contributed by atoms with E-state index in [1.165, 1.54) is 6.92 Å². The van der Waals surface area contributed by atoms with Crippen molar-refractivity contribution in [2.24, 2.45) is 11.5 Å². The molecule has 0 aliphatic heterocycles. The molecule has 4 aromatic rings. The Morgan fingerprint density at radius 2 is 1.21 bits per heavy atom. The van der Waals surface area contributed by atoms with Gasteiger partial charge < -0.3 is 42.5 Å². The number of benzene rings is 2. The zero-order valence-corrected chi connectivity index (χ0v) is 22.8. The Labute approximate surface area is 240 Å². The summed E-state index contributed by atoms with van der Waals surface area (Å²) in [5.74, 6) is -4.22. The molecule has 0 radical (unpaired) electrons. The number of nitrogens with one attached hydrogen (secondary N) is 5. The van der Waals surface area contributed by atoms with Crippen molar-refractivity contribution in [3.63, 3.8) is 0 Å². The molecule has 4 atom stereocenters. The van der Waals surface area contributed by atoms with E-state index in [4.69, 9.17) is 11.5 Å². The predicted octanol–water partition coefficient (Wildman–Crippen LogP) is 0.196. The SMILES string of the molecule is CC(NC(=O)C(Cc1c[nH]c2ccccc12)NC(=O)C(Cc1c[nH]c2ccccc12)NC(=O)C(N)CC(N)=O)C(=O)O. The maximum atomic E-state index is 13.7. The van der Waals surface area contributed by atoms with Crippen LogP contribution in [-0.2, 0) is 36.8 Å². The fourth-order valence-electron chi connectivity index (χ4n) is 4.70. The van der Waals surface area contributed by atoms with Crippen LogP contribution in [0.15, 0.2) is 60.9 Å². The molecule has 13 heteroatoms. The normalized spacial score (nSPS) is 14.0. The summed E-state index contributed by atoms with van der Waals surface area (Å²) < 4.78 is 0. The summed E-state index contributed by atoms with van der Waals surface area (Å²) in [7, 11) is 0. The van der Waals surface area contributed by atoms with Crippen LogP contribution < -0.4 is 27.4 Å². The lowest BCUT2D eigenvalue weighted by Crippen LogP contribution is -2.58. The zero-order valence-electron chi connectivity index (χ0n) is 22.8. The first-order valence-electron chi connectivity index (χ1n) is 13.3. The lowest BCUT2D eigenvalue weighted by molar-refractivity contribution is -0.141. The minimum absolute atomic E-state index is 0.0256. The number of carbonyl (C=O) groups excluding carboxylic acids is 4. The largest absolute Gasteiger partial charge is 0.480 e. The molecule has 4 rings (SSSR count). The second-order valence-electron chi connectivity index (χ2n) is 10.1. The van der Waals surface area contributed by atoms with Gasteiger partial charge in [-0.15, -0.1) is 0 Å². The van der Waals surface area contributed by atoms with Crippen molar-refractivity contribution in [2.75, 3.05) is 0 Å². The fourth-order valence-corrected chi connectivity index (χ4v) is 4.70. The molecule has 4 unspecified atom stereocenters. The first kappa shape index (κ1) is 29.8. The average Bonchev–Trinajstić information content (AvgIpc) is 3.55. The van der Waals surface area contributed by atoms with Gasteiger partial charge in [-0.2, -0.15) is 0 Å². The van der Waals surface area contributed by atoms with Gasteiger partial charge in [0.05, 0.1) is 12.5 Å². The van der Waals surface area contributed by atoms with E-state index in [9.17, 15) is 29.1 Å². The molecule has 0 saturated carbocycles. The Morgan fingerprint density at radius 1 is 0.762 bits per heavy atom. The number of carbonyl (C=O) groups is 5. The second kappa shape index (κ2) is 13.0. The van der Waals surface area contributed by atoms with Crippen LogP contribution in [0.25, 0.3) is 21.8 Å². The molecular formula is C29H33N7O6. The number of aromatic amines is 2. The maximum Gasteiger partial charge on any atom is 0.325 e. The number of para-hydroxylation sites is 2. The van der Waals surface area contributed by atoms with E-state index in [2.05, 4.69) is 25.9 Å². The third kappa shape index (κ3) is 7.12. The molecule has 4 amide bonds. The smallest absolute Gasteiger partial charge is 0.325 e. The van der Waals surface area contributed by atoms with Gasteiger partial charge in [-0.05, 0) is 30.2 Å². The molecule has 0 aliphatic carbocycles. The van der Waals surface area contributed by atoms with Gasteiger partial charge in [-0.1, -0.05) is 36.4 Å². The number of nitrogens with two attached hydrogens (primary N) is 2. The number of aliphatic carboxylic acids is 1. The van der Waals surface area contributed by atoms with Crippen molar-refractivity contribution < 1.29 is 29.1 Å². The average molecular weight is 576 g/mol. The minimum Gasteiger partial charge on any atom is -0.480 e. The third-order valence-electron chi connectivity index (χ3n) is 6.95. The van der Waals surface area contributed by atoms with Crippen LogP contribution in [0.3, 0.4) is 0 Å². The second-order valence-corrected chi connectivity index (χ2v) is 10.1. The van der Waals surface area contributed by atoms with E-state index in [0.29, 0.717) is 5.56 Å². The van der Waals surface area contributed by atoms with E-state index < -0.39 is 60.2 Å². The first-order chi connectivity index (χ1) is 20.0. The van der Waals surface area contributed by atoms with Crippen LogP contribution in [0.1, 0.15) is 24.5 Å². The molecule has 13 nitrogen and oxygen atoms in total. The molecule has 2 aromatic carbocycles. The molecule has 0 saturated heterocycles. The molecule has 0 fully saturated rings. The van der Waals surface area contributed by atoms with Crippen LogP contribution in [0.2, 0.25) is 0 Å². The van der Waals surface area contributed by atoms with Gasteiger partial charge in [0, 0.05) is 47.0 Å². The van der Waals surface area contributed by atoms with Gasteiger partial charge in [-0.3, -0.25) is 24.0 Å². The third-order valence-corrected chi connectivity index (χ3v) is 6.95. The first-order valence-corrected chi connectivity index (χ1v) is 13.3. The summed E-state index contributed by atoms with van der Waals surface area (Å²) >= 11 is 0. The van der Waals surface area contributed by atoms with Crippen molar-refractivity contribution in [2.45, 2.75) is 50.4 Å². The Hall–Kier alpha value is -5.17. The molecule has 0 bridgehead atoms. The monoisotopic (exact) mass is 575 g/mol. The van der Waals surface area contributed by atoms with Crippen molar-refractivity contribution >= 4 is 51.4 Å². The highest BCUT2D eigenvalue weighted by Crippen LogP contribution is 2.21. The number of hydrogen-bond donors (Lipinski definition) is 8. The highest BCUT2D eigenvalue weighted by molar-refractivity contribution is 5.96. The van der Waals surface area contributed by atoms with E-state index >= 15 is 0 Å². The van der Waals surface area contributed by atoms with Crippen LogP contribution in [0.5, 0.6) is 0 Å². The van der Waals surface area contributed by atoms with Crippen molar-refractivity contribution in [3.8, 4) is 0 Å². The zero-order chi connectivity index (χ0) is 30.4. The minimum atomic E-state index is -1.29. The quantitative estimate of drug-likeness (QED) is 0.110. The van der Waals surface area contributed by atoms with Gasteiger partial charge >= 0.3 is 5.97 Å². The lowest BCUT2D eigenvalue weighted by Gasteiger charge is -2.24. The number of carboxylic acids is 1. The van der Waals surface area contributed by atoms with Crippen molar-refractivity contribution in [1.29, 1.82) is 0 Å². The fraction of sp³-hybridized carbons (Fsp3) is 0.276. The van der Waals surface area contributed by atoms with Crippen molar-refractivity contribution in [1.82, 2.24) is 25.9 Å². The van der Waals surface area contributed by atoms with Gasteiger partial charge in [0.25, 0.3) is 0 Å². The Morgan fingerprint density at radius 3 is 1.69 bits per heavy atom. The number of aromatic nitrogens is 2. The van der Waals surface area contributed by atoms with E-state index in [0.717, 1.165) is 27.4 Å². The molecular weight excluding hydrogens is 542 g/mol. The Kier molecular flexibility index (Phi) is 9.22. The highest BCUT2D eigenvalue weighted by Gasteiger charge is 2.31. The maximum absolute atomic E-state index is 13.7. The molecule has 0 spiro atoms. The Bertz CT molecular complexity index is 1630. The van der Waals surface area contributed by atoms with E-state index in [1.807, 2.05) is 48.5 Å². The highest BCUT2D eigenvalue weighted by atomic mass is 16.4. The van der Waals surface area contributed by atoms with Gasteiger partial charge in [0.15, 0.2) is 0 Å². The van der Waals surface area contributed by atoms with Gasteiger partial charge in [-0.25, -0.2) is 0 Å². The topological polar surface area (TPSA) is 225 Å². The summed E-state index contributed by atoms with van der Waals surface area (Å²) in [6.07, 6.45) is 3.06. The summed E-state index contributed by atoms with van der Waals surface area (Å²) in [5.41, 5.74) is 14.1. The number of hydrogen-bond acceptors (Lipinski definition) is 6. The van der Waals surface area contributed by atoms with Crippen molar-refractivity contribution in [3.05, 3.63) is 72.1 Å². The Balaban J connectivity index is 1.62. The summed E-state index contributed by atoms with van der Waals surface area (Å²) in [5, 5.41) is 18.7. The van der Waals surface area contributed by atoms with Gasteiger partial charge in [0.1, 0.15) is 18.1 Å². The molecule has 2 heterocycles. The number of fused-ring (bicyclic) bond motifs is 2. The summed E-state index contributed by atoms with van der Waals surface area (Å²) in [6.45, 7) is 1.31. The number of rotatable bonds is 13. The standard InChI is InChI=1S/C29H33N7O6/c1-15(29(41)42)34-27(39)23(10-16-13-32-21-8-4-2-6-18(16)21)36-28(40)24(35-26(38)20(30)12-25(31)37)11-17-14-33-22-9-5-3-7-19(17)22/h2-9,13-15,20,23-24,32-33H,10-12,30H2,1H3,(H2,31,37)(H,34,39)(H,35,38)(H,36,40)(H,41,42). The summed E-state index contributed by atoms with van der Waals surface area (Å²) in [4.78, 5) is 68.8.